The lowest BCUT2D eigenvalue weighted by atomic mass is 10.0. The molecule has 100 heavy (non-hydrogen) atoms. The molecule has 5 atom stereocenters. The molecule has 0 aliphatic carbocycles. The van der Waals surface area contributed by atoms with Crippen LogP contribution in [0.2, 0.25) is 0 Å². The summed E-state index contributed by atoms with van der Waals surface area (Å²) >= 11 is 5.58. The molecule has 1 unspecified atom stereocenters. The van der Waals surface area contributed by atoms with Crippen molar-refractivity contribution < 1.29 is 103 Å². The summed E-state index contributed by atoms with van der Waals surface area (Å²) in [5.41, 5.74) is 2.57. The third kappa shape index (κ3) is 34.3. The highest BCUT2D eigenvalue weighted by Gasteiger charge is 2.30. The van der Waals surface area contributed by atoms with Gasteiger partial charge in [0.15, 0.2) is 5.11 Å². The number of H-pyrrole nitrogens is 1. The number of carboxylic acid groups (broad SMARTS) is 8. The molecule has 17 N–H and O–H groups in total. The van der Waals surface area contributed by atoms with Gasteiger partial charge in [-0.3, -0.25) is 62.8 Å². The minimum absolute atomic E-state index is 0.0407. The molecule has 0 bridgehead atoms. The van der Waals surface area contributed by atoms with Crippen LogP contribution >= 0.6 is 12.2 Å². The number of hydrogen-bond acceptors (Lipinski definition) is 18. The van der Waals surface area contributed by atoms with Crippen LogP contribution in [0.4, 0.5) is 10.5 Å². The first-order valence-electron chi connectivity index (χ1n) is 33.3. The maximum absolute atomic E-state index is 13.9. The van der Waals surface area contributed by atoms with E-state index in [1.165, 1.54) is 0 Å². The van der Waals surface area contributed by atoms with Crippen LogP contribution in [0.1, 0.15) is 125 Å². The third-order valence-corrected chi connectivity index (χ3v) is 16.6. The van der Waals surface area contributed by atoms with Gasteiger partial charge in [0.1, 0.15) is 29.9 Å². The Hall–Kier alpha value is -9.58. The highest BCUT2D eigenvalue weighted by atomic mass is 32.1. The number of fused-ring (bicyclic) bond motifs is 1. The molecule has 1 aliphatic heterocycles. The molecule has 34 nitrogen and oxygen atoms in total. The zero-order valence-corrected chi connectivity index (χ0v) is 56.6. The molecule has 2 aromatic carbocycles. The number of amides is 6. The number of thiocarbonyl (C=S) groups is 1. The number of urea groups is 1. The number of unbranched alkanes of at least 4 members (excludes halogenated alkanes) is 7. The van der Waals surface area contributed by atoms with Crippen LogP contribution in [0.25, 0.3) is 10.9 Å². The van der Waals surface area contributed by atoms with Crippen LogP contribution in [-0.4, -0.2) is 270 Å². The number of aliphatic carboxylic acids is 8. The zero-order chi connectivity index (χ0) is 73.5. The topological polar surface area (TPSA) is 509 Å². The maximum atomic E-state index is 13.9. The van der Waals surface area contributed by atoms with Crippen LogP contribution in [0.15, 0.2) is 54.6 Å². The van der Waals surface area contributed by atoms with E-state index in [2.05, 4.69) is 42.2 Å². The fraction of sp³-hybridized carbons (Fsp3) is 0.569. The normalized spacial score (nSPS) is 15.4. The average molecular weight is 1430 g/mol. The van der Waals surface area contributed by atoms with Crippen LogP contribution in [0.5, 0.6) is 0 Å². The van der Waals surface area contributed by atoms with Crippen LogP contribution in [0, 0.1) is 0 Å². The first-order valence-corrected chi connectivity index (χ1v) is 33.7. The second-order valence-electron chi connectivity index (χ2n) is 24.4. The maximum Gasteiger partial charge on any atom is 0.326 e. The Balaban J connectivity index is 1.30. The summed E-state index contributed by atoms with van der Waals surface area (Å²) in [4.78, 5) is 169. The van der Waals surface area contributed by atoms with Crippen LogP contribution < -0.4 is 42.5 Å². The van der Waals surface area contributed by atoms with E-state index in [0.717, 1.165) is 16.5 Å². The number of benzene rings is 2. The molecule has 6 amide bonds. The van der Waals surface area contributed by atoms with E-state index in [4.69, 9.17) is 17.3 Å². The molecular formula is C65H95N13O21S. The molecule has 0 saturated carbocycles. The molecule has 0 spiro atoms. The van der Waals surface area contributed by atoms with Crippen molar-refractivity contribution in [2.45, 2.75) is 146 Å². The Morgan fingerprint density at radius 3 is 1.57 bits per heavy atom. The highest BCUT2D eigenvalue weighted by Crippen LogP contribution is 2.18. The van der Waals surface area contributed by atoms with Crippen molar-refractivity contribution in [3.8, 4) is 0 Å². The SMILES string of the molecule is O=C(O)CC[C@H](NC(=O)N[C@@H](CCC(=O)NCCCCCCCC(=O)N[C@@H](CCCCNC(=S)Nc1ccc(CC2CN(CC(=O)O)CCN(CC(=O)O)CCN(CC(=O)O)CCN2CC(=O)O)cc1)C(=O)N[C@@H](CCCCCNC(=O)c1cc2ccccc2[nH]1)C(=O)O)C(=O)O)C(=O)O. The number of aromatic nitrogens is 1. The number of nitrogens with zero attached hydrogens (tertiary/aromatic N) is 4. The minimum Gasteiger partial charge on any atom is -0.481 e. The molecule has 3 aromatic rings. The second-order valence-corrected chi connectivity index (χ2v) is 24.8. The monoisotopic (exact) mass is 1430 g/mol. The van der Waals surface area contributed by atoms with Crippen molar-refractivity contribution in [3.05, 3.63) is 65.9 Å². The van der Waals surface area contributed by atoms with Crippen LogP contribution in [0.3, 0.4) is 0 Å². The zero-order valence-electron chi connectivity index (χ0n) is 55.8. The van der Waals surface area contributed by atoms with E-state index >= 15 is 0 Å². The Morgan fingerprint density at radius 1 is 0.470 bits per heavy atom. The summed E-state index contributed by atoms with van der Waals surface area (Å²) < 4.78 is 0. The number of hydrogen-bond donors (Lipinski definition) is 17. The van der Waals surface area contributed by atoms with Gasteiger partial charge in [0.25, 0.3) is 5.91 Å². The van der Waals surface area contributed by atoms with Gasteiger partial charge in [-0.15, -0.1) is 0 Å². The number of nitrogens with one attached hydrogen (secondary N) is 9. The molecule has 2 heterocycles. The number of carboxylic acids is 8. The fourth-order valence-electron chi connectivity index (χ4n) is 11.1. The Kier molecular flexibility index (Phi) is 37.4. The van der Waals surface area contributed by atoms with E-state index in [0.29, 0.717) is 88.7 Å². The fourth-order valence-corrected chi connectivity index (χ4v) is 11.3. The number of anilines is 1. The lowest BCUT2D eigenvalue weighted by Gasteiger charge is -2.37. The Morgan fingerprint density at radius 2 is 0.970 bits per heavy atom. The van der Waals surface area contributed by atoms with E-state index in [9.17, 15) is 98.1 Å². The van der Waals surface area contributed by atoms with Gasteiger partial charge in [-0.05, 0) is 106 Å². The van der Waals surface area contributed by atoms with Crippen molar-refractivity contribution in [1.29, 1.82) is 0 Å². The molecule has 552 valence electrons. The average Bonchev–Trinajstić information content (AvgIpc) is 1.77. The number of para-hydroxylation sites is 1. The largest absolute Gasteiger partial charge is 0.481 e. The van der Waals surface area contributed by atoms with E-state index < -0.39 is 128 Å². The summed E-state index contributed by atoms with van der Waals surface area (Å²) in [5, 5.41) is 99.2. The van der Waals surface area contributed by atoms with Crippen molar-refractivity contribution in [2.24, 2.45) is 0 Å². The molecular weight excluding hydrogens is 1330 g/mol. The molecule has 1 saturated heterocycles. The van der Waals surface area contributed by atoms with Crippen molar-refractivity contribution in [2.75, 3.05) is 96.9 Å². The van der Waals surface area contributed by atoms with Crippen molar-refractivity contribution in [3.63, 3.8) is 0 Å². The number of rotatable bonds is 45. The molecule has 1 aliphatic rings. The van der Waals surface area contributed by atoms with Gasteiger partial charge in [0.05, 0.1) is 26.2 Å². The third-order valence-electron chi connectivity index (χ3n) is 16.4. The molecule has 35 heteroatoms. The quantitative estimate of drug-likeness (QED) is 0.0281. The van der Waals surface area contributed by atoms with Gasteiger partial charge >= 0.3 is 53.8 Å². The Labute approximate surface area is 582 Å². The van der Waals surface area contributed by atoms with Crippen LogP contribution in [-0.2, 0) is 59.2 Å². The summed E-state index contributed by atoms with van der Waals surface area (Å²) in [6.45, 7) is 0.310. The van der Waals surface area contributed by atoms with Gasteiger partial charge < -0.3 is 88.4 Å². The summed E-state index contributed by atoms with van der Waals surface area (Å²) in [5.74, 6) is -12.0. The summed E-state index contributed by atoms with van der Waals surface area (Å²) in [7, 11) is 0. The molecule has 1 fully saturated rings. The molecule has 1 aromatic heterocycles. The van der Waals surface area contributed by atoms with E-state index in [1.807, 2.05) is 29.6 Å². The number of carbonyl (C=O) groups excluding carboxylic acids is 5. The van der Waals surface area contributed by atoms with E-state index in [1.54, 1.807) is 49.9 Å². The summed E-state index contributed by atoms with van der Waals surface area (Å²) in [6.07, 6.45) is 4.05. The van der Waals surface area contributed by atoms with Gasteiger partial charge in [0.2, 0.25) is 17.7 Å². The number of aromatic amines is 1. The summed E-state index contributed by atoms with van der Waals surface area (Å²) in [6, 6.07) is 9.02. The first kappa shape index (κ1) is 82.8. The predicted molar refractivity (Wildman–Crippen MR) is 365 cm³/mol. The van der Waals surface area contributed by atoms with Crippen molar-refractivity contribution >= 4 is 111 Å². The first-order chi connectivity index (χ1) is 47.6. The van der Waals surface area contributed by atoms with Gasteiger partial charge in [-0.25, -0.2) is 19.2 Å². The van der Waals surface area contributed by atoms with E-state index in [-0.39, 0.29) is 115 Å². The lowest BCUT2D eigenvalue weighted by molar-refractivity contribution is -0.142. The van der Waals surface area contributed by atoms with Gasteiger partial charge in [-0.1, -0.05) is 62.4 Å². The minimum atomic E-state index is -1.59. The second kappa shape index (κ2) is 45.2. The van der Waals surface area contributed by atoms with Gasteiger partial charge in [0, 0.05) is 107 Å². The van der Waals surface area contributed by atoms with Gasteiger partial charge in [-0.2, -0.15) is 0 Å². The molecule has 0 radical (unpaired) electrons. The highest BCUT2D eigenvalue weighted by molar-refractivity contribution is 7.80. The standard InChI is InChI=1S/C65H95N13O21S/c79-52(24-22-49(62(95)96)73-64(99)74-50(63(97)98)23-25-54(81)82)66-26-10-3-1-2-6-17-53(80)71-47(60(92)72-48(61(93)94)16-5-4-11-27-67-59(91)51-36-43-13-7-8-14-46(43)70-51)15-9-12-28-68-65(100)69-44-20-18-42(19-21-44)35-45-37-77(40-57(87)88)32-31-75(38-55(83)84)29-30-76(39-56(85)86)33-34-78(45)41-58(89)90/h7-8,13-14,18-21,36,45,47-50,70H,1-6,9-12,15-17,22-35,37-41H2,(H,66,79)(H,67,91)(H,71,80)(H,72,92)(H,81,82)(H,83,84)(H,85,86)(H,87,88)(H,89,90)(H,93,94)(H,95,96)(H,97,98)(H2,68,69,100)(H2,73,74,99)/t45?,47-,48-,49-,50-/m0/s1. The number of carbonyl (C=O) groups is 13. The smallest absolute Gasteiger partial charge is 0.326 e. The Bertz CT molecular complexity index is 3200. The lowest BCUT2D eigenvalue weighted by Crippen LogP contribution is -2.53. The van der Waals surface area contributed by atoms with Crippen molar-refractivity contribution in [1.82, 2.24) is 61.8 Å². The predicted octanol–water partition coefficient (Wildman–Crippen LogP) is 1.45. The molecule has 4 rings (SSSR count).